The number of thiocarbonyl (C=S) groups is 1. The van der Waals surface area contributed by atoms with E-state index in [9.17, 15) is 4.79 Å². The van der Waals surface area contributed by atoms with Gasteiger partial charge in [-0.3, -0.25) is 4.79 Å². The third kappa shape index (κ3) is 5.53. The highest BCUT2D eigenvalue weighted by molar-refractivity contribution is 7.80. The van der Waals surface area contributed by atoms with E-state index in [2.05, 4.69) is 53.0 Å². The summed E-state index contributed by atoms with van der Waals surface area (Å²) < 4.78 is 0. The van der Waals surface area contributed by atoms with E-state index >= 15 is 0 Å². The molecule has 0 fully saturated rings. The summed E-state index contributed by atoms with van der Waals surface area (Å²) in [6, 6.07) is 6.21. The van der Waals surface area contributed by atoms with Crippen molar-refractivity contribution in [2.24, 2.45) is 0 Å². The quantitative estimate of drug-likeness (QED) is 0.680. The number of benzene rings is 1. The third-order valence-electron chi connectivity index (χ3n) is 5.03. The summed E-state index contributed by atoms with van der Waals surface area (Å²) in [5.74, 6) is 0. The van der Waals surface area contributed by atoms with Gasteiger partial charge in [-0.1, -0.05) is 25.5 Å². The zero-order valence-corrected chi connectivity index (χ0v) is 18.0. The molecule has 6 heteroatoms. The molecule has 0 amide bonds. The zero-order valence-electron chi connectivity index (χ0n) is 17.2. The number of rotatable bonds is 8. The Balaban J connectivity index is 2.22. The molecule has 148 valence electrons. The molecular weight excluding hydrogens is 356 g/mol. The number of hydrogen-bond donors (Lipinski definition) is 2. The fourth-order valence-corrected chi connectivity index (χ4v) is 3.65. The lowest BCUT2D eigenvalue weighted by atomic mass is 10.1. The molecule has 27 heavy (non-hydrogen) atoms. The zero-order chi connectivity index (χ0) is 20.0. The molecule has 2 N–H and O–H groups in total. The first kappa shape index (κ1) is 21.4. The largest absolute Gasteiger partial charge is 0.366 e. The van der Waals surface area contributed by atoms with Crippen LogP contribution in [0.15, 0.2) is 23.0 Å². The summed E-state index contributed by atoms with van der Waals surface area (Å²) in [6.45, 7) is 12.9. The molecule has 2 aromatic rings. The van der Waals surface area contributed by atoms with Gasteiger partial charge in [0.1, 0.15) is 0 Å². The molecule has 0 aliphatic heterocycles. The van der Waals surface area contributed by atoms with Crippen molar-refractivity contribution >= 4 is 28.2 Å². The van der Waals surface area contributed by atoms with Gasteiger partial charge in [0.2, 0.25) is 0 Å². The molecule has 0 saturated carbocycles. The van der Waals surface area contributed by atoms with Crippen LogP contribution in [0.2, 0.25) is 0 Å². The van der Waals surface area contributed by atoms with Crippen LogP contribution >= 0.6 is 12.2 Å². The number of pyridine rings is 1. The van der Waals surface area contributed by atoms with Crippen molar-refractivity contribution in [3.05, 3.63) is 45.2 Å². The molecule has 1 heterocycles. The molecule has 0 aliphatic carbocycles. The number of nitrogens with one attached hydrogen (secondary N) is 2. The second-order valence-electron chi connectivity index (χ2n) is 7.03. The maximum absolute atomic E-state index is 12.6. The molecule has 0 spiro atoms. The van der Waals surface area contributed by atoms with Gasteiger partial charge in [0.05, 0.1) is 12.1 Å². The summed E-state index contributed by atoms with van der Waals surface area (Å²) in [6.07, 6.45) is 1.01. The van der Waals surface area contributed by atoms with Crippen molar-refractivity contribution in [1.29, 1.82) is 0 Å². The van der Waals surface area contributed by atoms with E-state index in [-0.39, 0.29) is 5.56 Å². The molecule has 0 unspecified atom stereocenters. The first-order chi connectivity index (χ1) is 12.9. The van der Waals surface area contributed by atoms with Crippen LogP contribution in [0.5, 0.6) is 0 Å². The smallest absolute Gasteiger partial charge is 0.253 e. The first-order valence-corrected chi connectivity index (χ1v) is 10.1. The Morgan fingerprint density at radius 3 is 2.48 bits per heavy atom. The number of H-pyrrole nitrogens is 1. The minimum atomic E-state index is -0.0397. The average Bonchev–Trinajstić information content (AvgIpc) is 2.64. The topological polar surface area (TPSA) is 51.4 Å². The van der Waals surface area contributed by atoms with Crippen molar-refractivity contribution in [2.45, 2.75) is 40.7 Å². The molecule has 0 bridgehead atoms. The van der Waals surface area contributed by atoms with Gasteiger partial charge >= 0.3 is 0 Å². The average molecular weight is 389 g/mol. The highest BCUT2D eigenvalue weighted by Crippen LogP contribution is 2.18. The highest BCUT2D eigenvalue weighted by atomic mass is 32.1. The van der Waals surface area contributed by atoms with Gasteiger partial charge in [-0.15, -0.1) is 0 Å². The monoisotopic (exact) mass is 388 g/mol. The van der Waals surface area contributed by atoms with Gasteiger partial charge in [0.25, 0.3) is 5.56 Å². The van der Waals surface area contributed by atoms with Crippen LogP contribution in [-0.4, -0.2) is 53.1 Å². The lowest BCUT2D eigenvalue weighted by molar-refractivity contribution is 0.279. The van der Waals surface area contributed by atoms with Crippen molar-refractivity contribution < 1.29 is 0 Å². The summed E-state index contributed by atoms with van der Waals surface area (Å²) >= 11 is 5.48. The molecular formula is C21H32N4OS. The van der Waals surface area contributed by atoms with Crippen molar-refractivity contribution in [3.63, 3.8) is 0 Å². The first-order valence-electron chi connectivity index (χ1n) is 9.71. The van der Waals surface area contributed by atoms with Crippen LogP contribution in [0.3, 0.4) is 0 Å². The van der Waals surface area contributed by atoms with E-state index in [1.807, 2.05) is 20.0 Å². The molecule has 5 nitrogen and oxygen atoms in total. The van der Waals surface area contributed by atoms with Crippen LogP contribution < -0.4 is 10.9 Å². The van der Waals surface area contributed by atoms with Crippen LogP contribution in [0.1, 0.15) is 37.0 Å². The van der Waals surface area contributed by atoms with Crippen molar-refractivity contribution in [3.8, 4) is 0 Å². The summed E-state index contributed by atoms with van der Waals surface area (Å²) in [4.78, 5) is 20.2. The third-order valence-corrected chi connectivity index (χ3v) is 5.49. The molecule has 2 rings (SSSR count). The van der Waals surface area contributed by atoms with Gasteiger partial charge in [0, 0.05) is 19.2 Å². The summed E-state index contributed by atoms with van der Waals surface area (Å²) in [5.41, 5.74) is 3.91. The van der Waals surface area contributed by atoms with E-state index in [4.69, 9.17) is 12.2 Å². The van der Waals surface area contributed by atoms with E-state index in [1.54, 1.807) is 0 Å². The van der Waals surface area contributed by atoms with Crippen LogP contribution in [0.4, 0.5) is 0 Å². The van der Waals surface area contributed by atoms with Gasteiger partial charge in [0.15, 0.2) is 5.11 Å². The number of nitrogens with zero attached hydrogens (tertiary/aromatic N) is 2. The standard InChI is InChI=1S/C21H32N4OS/c1-6-24(7-2)9-8-10-25(21(27)22-5)14-18-13-17-12-15(3)11-16(4)19(17)23-20(18)26/h11-13H,6-10,14H2,1-5H3,(H,22,27)(H,23,26). The van der Waals surface area contributed by atoms with Crippen LogP contribution in [-0.2, 0) is 6.54 Å². The number of hydrogen-bond acceptors (Lipinski definition) is 3. The maximum atomic E-state index is 12.6. The minimum absolute atomic E-state index is 0.0397. The Bertz CT molecular complexity index is 842. The van der Waals surface area contributed by atoms with Crippen molar-refractivity contribution in [2.75, 3.05) is 33.2 Å². The van der Waals surface area contributed by atoms with Crippen LogP contribution in [0.25, 0.3) is 10.9 Å². The van der Waals surface area contributed by atoms with Gasteiger partial charge < -0.3 is 20.1 Å². The fraction of sp³-hybridized carbons (Fsp3) is 0.524. The van der Waals surface area contributed by atoms with Gasteiger partial charge in [-0.2, -0.15) is 0 Å². The second-order valence-corrected chi connectivity index (χ2v) is 7.41. The van der Waals surface area contributed by atoms with Gasteiger partial charge in [-0.25, -0.2) is 0 Å². The summed E-state index contributed by atoms with van der Waals surface area (Å²) in [5, 5.41) is 4.80. The van der Waals surface area contributed by atoms with Crippen molar-refractivity contribution in [1.82, 2.24) is 20.1 Å². The fourth-order valence-electron chi connectivity index (χ4n) is 3.49. The second kappa shape index (κ2) is 9.85. The van der Waals surface area contributed by atoms with E-state index in [0.29, 0.717) is 11.7 Å². The number of aromatic amines is 1. The van der Waals surface area contributed by atoms with E-state index < -0.39 is 0 Å². The predicted octanol–water partition coefficient (Wildman–Crippen LogP) is 3.18. The summed E-state index contributed by atoms with van der Waals surface area (Å²) in [7, 11) is 1.83. The van der Waals surface area contributed by atoms with Gasteiger partial charge in [-0.05, 0) is 75.2 Å². The highest BCUT2D eigenvalue weighted by Gasteiger charge is 2.13. The SMILES string of the molecule is CCN(CC)CCCN(Cc1cc2cc(C)cc(C)c2[nH]c1=O)C(=S)NC. The Kier molecular flexibility index (Phi) is 7.80. The Labute approximate surface area is 167 Å². The molecule has 1 aromatic carbocycles. The number of fused-ring (bicyclic) bond motifs is 1. The molecule has 0 atom stereocenters. The Hall–Kier alpha value is -1.92. The normalized spacial score (nSPS) is 11.2. The molecule has 0 radical (unpaired) electrons. The molecule has 1 aromatic heterocycles. The number of aryl methyl sites for hydroxylation is 2. The minimum Gasteiger partial charge on any atom is -0.366 e. The van der Waals surface area contributed by atoms with Crippen LogP contribution in [0, 0.1) is 13.8 Å². The lowest BCUT2D eigenvalue weighted by Crippen LogP contribution is -2.40. The van der Waals surface area contributed by atoms with E-state index in [0.717, 1.165) is 54.6 Å². The lowest BCUT2D eigenvalue weighted by Gasteiger charge is -2.26. The van der Waals surface area contributed by atoms with E-state index in [1.165, 1.54) is 5.56 Å². The molecule has 0 saturated heterocycles. The maximum Gasteiger partial charge on any atom is 0.253 e. The Morgan fingerprint density at radius 1 is 1.15 bits per heavy atom. The number of aromatic nitrogens is 1. The molecule has 0 aliphatic rings. The Morgan fingerprint density at radius 2 is 1.85 bits per heavy atom. The predicted molar refractivity (Wildman–Crippen MR) is 119 cm³/mol.